The maximum atomic E-state index is 13.6. The van der Waals surface area contributed by atoms with E-state index in [0.29, 0.717) is 11.9 Å². The van der Waals surface area contributed by atoms with Gasteiger partial charge in [0, 0.05) is 11.6 Å². The predicted octanol–water partition coefficient (Wildman–Crippen LogP) is 4.10. The molecule has 186 valence electrons. The molecule has 1 aliphatic heterocycles. The maximum Gasteiger partial charge on any atom is 0.437 e. The second-order valence-electron chi connectivity index (χ2n) is 7.94. The summed E-state index contributed by atoms with van der Waals surface area (Å²) in [6, 6.07) is 10.5. The van der Waals surface area contributed by atoms with Gasteiger partial charge in [-0.15, -0.1) is 0 Å². The number of benzene rings is 2. The molecule has 1 aromatic heterocycles. The van der Waals surface area contributed by atoms with E-state index in [1.807, 2.05) is 0 Å². The van der Waals surface area contributed by atoms with Crippen LogP contribution in [0.5, 0.6) is 11.5 Å². The number of rotatable bonds is 5. The number of ether oxygens (including phenoxy) is 1. The van der Waals surface area contributed by atoms with Crippen LogP contribution in [0.15, 0.2) is 53.6 Å². The van der Waals surface area contributed by atoms with Crippen molar-refractivity contribution in [3.05, 3.63) is 86.8 Å². The third-order valence-electron chi connectivity index (χ3n) is 5.44. The van der Waals surface area contributed by atoms with E-state index in [0.717, 1.165) is 16.7 Å². The molecule has 0 radical (unpaired) electrons. The van der Waals surface area contributed by atoms with Gasteiger partial charge in [-0.1, -0.05) is 23.7 Å². The minimum atomic E-state index is -5.02. The number of hydrogen-bond acceptors (Lipinski definition) is 6. The van der Waals surface area contributed by atoms with Crippen LogP contribution in [0.1, 0.15) is 29.3 Å². The Morgan fingerprint density at radius 2 is 1.92 bits per heavy atom. The lowest BCUT2D eigenvalue weighted by Crippen LogP contribution is -2.51. The number of amides is 1. The van der Waals surface area contributed by atoms with E-state index in [1.54, 1.807) is 6.07 Å². The van der Waals surface area contributed by atoms with Crippen molar-refractivity contribution in [2.75, 3.05) is 0 Å². The van der Waals surface area contributed by atoms with Crippen LogP contribution in [0.2, 0.25) is 5.02 Å². The highest BCUT2D eigenvalue weighted by Gasteiger charge is 2.39. The Morgan fingerprint density at radius 3 is 2.58 bits per heavy atom. The maximum absolute atomic E-state index is 13.6. The zero-order valence-corrected chi connectivity index (χ0v) is 18.9. The highest BCUT2D eigenvalue weighted by molar-refractivity contribution is 6.30. The summed E-state index contributed by atoms with van der Waals surface area (Å²) in [6.45, 7) is -0.301. The fourth-order valence-corrected chi connectivity index (χ4v) is 3.94. The summed E-state index contributed by atoms with van der Waals surface area (Å²) in [5.41, 5.74) is 3.18. The largest absolute Gasteiger partial charge is 0.449 e. The normalized spacial score (nSPS) is 17.8. The minimum Gasteiger partial charge on any atom is -0.449 e. The quantitative estimate of drug-likeness (QED) is 0.489. The van der Waals surface area contributed by atoms with Gasteiger partial charge >= 0.3 is 6.18 Å². The molecule has 1 saturated heterocycles. The topological polar surface area (TPSA) is 109 Å². The van der Waals surface area contributed by atoms with Gasteiger partial charge in [0.2, 0.25) is 11.7 Å². The number of hydrogen-bond donors (Lipinski definition) is 2. The van der Waals surface area contributed by atoms with Crippen molar-refractivity contribution in [1.82, 2.24) is 20.4 Å². The number of aromatic nitrogens is 2. The van der Waals surface area contributed by atoms with Crippen molar-refractivity contribution in [2.45, 2.75) is 25.2 Å². The molecule has 0 spiro atoms. The minimum absolute atomic E-state index is 0.00786. The van der Waals surface area contributed by atoms with E-state index < -0.39 is 46.9 Å². The van der Waals surface area contributed by atoms with Crippen LogP contribution < -0.4 is 21.1 Å². The predicted molar refractivity (Wildman–Crippen MR) is 118 cm³/mol. The Labute approximate surface area is 206 Å². The van der Waals surface area contributed by atoms with E-state index in [2.05, 4.69) is 15.8 Å². The molecular formula is C23H16ClF4N5O3. The average molecular weight is 522 g/mol. The highest BCUT2D eigenvalue weighted by Crippen LogP contribution is 2.35. The second-order valence-corrected chi connectivity index (χ2v) is 8.37. The first-order valence-electron chi connectivity index (χ1n) is 10.4. The third kappa shape index (κ3) is 5.48. The van der Waals surface area contributed by atoms with E-state index in [9.17, 15) is 27.2 Å². The fourth-order valence-electron chi connectivity index (χ4n) is 3.72. The van der Waals surface area contributed by atoms with Crippen molar-refractivity contribution in [2.24, 2.45) is 5.92 Å². The summed E-state index contributed by atoms with van der Waals surface area (Å²) >= 11 is 5.89. The van der Waals surface area contributed by atoms with Crippen LogP contribution in [0.3, 0.4) is 0 Å². The Hall–Kier alpha value is -3.95. The first-order valence-corrected chi connectivity index (χ1v) is 10.8. The number of carbonyl (C=O) groups excluding carboxylic acids is 1. The molecule has 0 aliphatic carbocycles. The molecule has 4 rings (SSSR count). The first kappa shape index (κ1) is 25.2. The molecule has 8 nitrogen and oxygen atoms in total. The van der Waals surface area contributed by atoms with Crippen LogP contribution in [0.25, 0.3) is 0 Å². The van der Waals surface area contributed by atoms with E-state index in [-0.39, 0.29) is 29.3 Å². The van der Waals surface area contributed by atoms with Crippen LogP contribution in [-0.2, 0) is 17.5 Å². The lowest BCUT2D eigenvalue weighted by atomic mass is 9.92. The van der Waals surface area contributed by atoms with Crippen molar-refractivity contribution < 1.29 is 27.1 Å². The lowest BCUT2D eigenvalue weighted by Gasteiger charge is -2.30. The molecule has 2 atom stereocenters. The molecule has 1 amide bonds. The second kappa shape index (κ2) is 9.96. The number of nitriles is 1. The molecule has 2 aromatic carbocycles. The Balaban J connectivity index is 1.66. The van der Waals surface area contributed by atoms with Gasteiger partial charge in [-0.05, 0) is 42.3 Å². The first-order chi connectivity index (χ1) is 17.0. The molecule has 0 bridgehead atoms. The van der Waals surface area contributed by atoms with E-state index >= 15 is 0 Å². The summed E-state index contributed by atoms with van der Waals surface area (Å²) in [5, 5.41) is 9.09. The van der Waals surface area contributed by atoms with Crippen molar-refractivity contribution in [3.63, 3.8) is 0 Å². The van der Waals surface area contributed by atoms with Crippen molar-refractivity contribution in [1.29, 1.82) is 5.26 Å². The number of hydrazine groups is 1. The number of carbonyl (C=O) groups is 1. The molecule has 1 fully saturated rings. The molecule has 36 heavy (non-hydrogen) atoms. The monoisotopic (exact) mass is 521 g/mol. The number of nitrogens with one attached hydrogen (secondary N) is 2. The summed E-state index contributed by atoms with van der Waals surface area (Å²) < 4.78 is 60.2. The summed E-state index contributed by atoms with van der Waals surface area (Å²) in [6.07, 6.45) is -4.16. The SMILES string of the molecule is N#Cc1cc(Cl)cc(Oc2c(C(F)(F)F)ncn(CC3CC(c4ccc(F)cc4)NNC3=O)c2=O)c1. The summed E-state index contributed by atoms with van der Waals surface area (Å²) in [4.78, 5) is 28.9. The number of halogens is 5. The summed E-state index contributed by atoms with van der Waals surface area (Å²) in [7, 11) is 0. The molecule has 3 aromatic rings. The molecule has 0 saturated carbocycles. The van der Waals surface area contributed by atoms with Crippen LogP contribution in [0, 0.1) is 23.1 Å². The zero-order chi connectivity index (χ0) is 26.0. The Morgan fingerprint density at radius 1 is 1.19 bits per heavy atom. The van der Waals surface area contributed by atoms with Crippen molar-refractivity contribution >= 4 is 17.5 Å². The molecule has 2 heterocycles. The van der Waals surface area contributed by atoms with Crippen LogP contribution in [-0.4, -0.2) is 15.5 Å². The molecule has 1 aliphatic rings. The van der Waals surface area contributed by atoms with E-state index in [4.69, 9.17) is 21.6 Å². The van der Waals surface area contributed by atoms with Gasteiger partial charge in [0.05, 0.1) is 29.9 Å². The van der Waals surface area contributed by atoms with Crippen molar-refractivity contribution in [3.8, 4) is 17.6 Å². The van der Waals surface area contributed by atoms with E-state index in [1.165, 1.54) is 30.3 Å². The van der Waals surface area contributed by atoms with Gasteiger partial charge in [0.25, 0.3) is 5.56 Å². The van der Waals surface area contributed by atoms with Gasteiger partial charge in [-0.2, -0.15) is 18.4 Å². The average Bonchev–Trinajstić information content (AvgIpc) is 2.82. The van der Waals surface area contributed by atoms with Gasteiger partial charge in [0.1, 0.15) is 11.6 Å². The Kier molecular flexibility index (Phi) is 6.96. The third-order valence-corrected chi connectivity index (χ3v) is 5.65. The fraction of sp³-hybridized carbons (Fsp3) is 0.217. The van der Waals surface area contributed by atoms with Crippen LogP contribution >= 0.6 is 11.6 Å². The molecule has 2 unspecified atom stereocenters. The molecule has 13 heteroatoms. The number of alkyl halides is 3. The molecular weight excluding hydrogens is 506 g/mol. The van der Waals surface area contributed by atoms with Gasteiger partial charge in [-0.3, -0.25) is 19.6 Å². The Bertz CT molecular complexity index is 1400. The standard InChI is InChI=1S/C23H16ClF4N5O3/c24-15-5-12(9-29)6-17(8-15)36-19-20(23(26,27)28)30-11-33(22(19)35)10-14-7-18(31-32-21(14)34)13-1-3-16(25)4-2-13/h1-6,8,11,14,18,31H,7,10H2,(H,32,34). The zero-order valence-electron chi connectivity index (χ0n) is 18.1. The van der Waals surface area contributed by atoms with Gasteiger partial charge < -0.3 is 4.74 Å². The van der Waals surface area contributed by atoms with Gasteiger partial charge in [0.15, 0.2) is 5.69 Å². The summed E-state index contributed by atoms with van der Waals surface area (Å²) in [5.74, 6) is -3.15. The lowest BCUT2D eigenvalue weighted by molar-refractivity contribution is -0.142. The molecule has 2 N–H and O–H groups in total. The highest BCUT2D eigenvalue weighted by atomic mass is 35.5. The smallest absolute Gasteiger partial charge is 0.437 e. The van der Waals surface area contributed by atoms with Gasteiger partial charge in [-0.25, -0.2) is 14.8 Å². The van der Waals surface area contributed by atoms with Crippen LogP contribution in [0.4, 0.5) is 17.6 Å². The number of nitrogens with zero attached hydrogens (tertiary/aromatic N) is 3.